The number of nitrogens with zero attached hydrogens (tertiary/aromatic N) is 1. The van der Waals surface area contributed by atoms with E-state index in [0.717, 1.165) is 38.9 Å². The first-order valence-electron chi connectivity index (χ1n) is 10.0. The van der Waals surface area contributed by atoms with Crippen LogP contribution in [0.25, 0.3) is 0 Å². The van der Waals surface area contributed by atoms with E-state index in [0.29, 0.717) is 22.9 Å². The minimum atomic E-state index is 0.00219. The van der Waals surface area contributed by atoms with Crippen LogP contribution in [0.3, 0.4) is 0 Å². The van der Waals surface area contributed by atoms with E-state index in [4.69, 9.17) is 38.9 Å². The number of unbranched alkanes of at least 4 members (excludes halogenated alkanes) is 6. The molecule has 7 nitrogen and oxygen atoms in total. The Morgan fingerprint density at radius 1 is 0.964 bits per heavy atom. The number of guanidine groups is 1. The smallest absolute Gasteiger partial charge is 0.185 e. The second kappa shape index (κ2) is 15.0. The van der Waals surface area contributed by atoms with Crippen molar-refractivity contribution in [3.8, 4) is 5.75 Å². The predicted molar refractivity (Wildman–Crippen MR) is 118 cm³/mol. The first kappa shape index (κ1) is 24.0. The Labute approximate surface area is 173 Å². The molecule has 0 aromatic heterocycles. The molecular weight excluding hydrogens is 376 g/mol. The zero-order chi connectivity index (χ0) is 20.6. The maximum atomic E-state index is 7.39. The van der Waals surface area contributed by atoms with E-state index in [2.05, 4.69) is 10.3 Å². The second-order valence-corrected chi connectivity index (χ2v) is 7.20. The van der Waals surface area contributed by atoms with Crippen LogP contribution in [-0.2, 0) is 0 Å². The van der Waals surface area contributed by atoms with Crippen molar-refractivity contribution in [2.24, 2.45) is 22.2 Å². The van der Waals surface area contributed by atoms with Gasteiger partial charge >= 0.3 is 0 Å². The third-order valence-corrected chi connectivity index (χ3v) is 4.60. The van der Waals surface area contributed by atoms with E-state index in [1.54, 1.807) is 18.2 Å². The average Bonchev–Trinajstić information content (AvgIpc) is 2.65. The fourth-order valence-corrected chi connectivity index (χ4v) is 2.96. The summed E-state index contributed by atoms with van der Waals surface area (Å²) in [4.78, 5) is 3.98. The highest BCUT2D eigenvalue weighted by molar-refractivity contribution is 6.32. The Kier molecular flexibility index (Phi) is 12.9. The number of nitrogens with one attached hydrogen (secondary N) is 2. The molecule has 0 aliphatic carbocycles. The molecule has 0 aliphatic rings. The van der Waals surface area contributed by atoms with Crippen molar-refractivity contribution in [2.75, 3.05) is 26.2 Å². The summed E-state index contributed by atoms with van der Waals surface area (Å²) in [6, 6.07) is 5.16. The number of halogens is 1. The summed E-state index contributed by atoms with van der Waals surface area (Å²) in [6.07, 6.45) is 9.25. The highest BCUT2D eigenvalue weighted by Gasteiger charge is 2.04. The molecule has 0 bridgehead atoms. The monoisotopic (exact) mass is 410 g/mol. The molecule has 0 atom stereocenters. The van der Waals surface area contributed by atoms with E-state index >= 15 is 0 Å². The summed E-state index contributed by atoms with van der Waals surface area (Å²) in [5.74, 6) is 0.824. The molecule has 8 N–H and O–H groups in total. The number of nitrogens with two attached hydrogens (primary N) is 3. The minimum Gasteiger partial charge on any atom is -0.492 e. The van der Waals surface area contributed by atoms with E-state index in [-0.39, 0.29) is 11.8 Å². The van der Waals surface area contributed by atoms with E-state index in [1.807, 2.05) is 0 Å². The van der Waals surface area contributed by atoms with Gasteiger partial charge in [-0.25, -0.2) is 0 Å². The lowest BCUT2D eigenvalue weighted by atomic mass is 10.1. The van der Waals surface area contributed by atoms with Gasteiger partial charge in [-0.1, -0.05) is 37.3 Å². The van der Waals surface area contributed by atoms with Crippen LogP contribution < -0.4 is 27.3 Å². The standard InChI is InChI=1S/C20H35ClN6O/c21-17-15-16(19(22)23)9-10-18(17)28-14-8-7-12-26-11-5-3-1-2-4-6-13-27-20(24)25/h9-10,15,26H,1-8,11-14H2,(H3,22,23)(H4,24,25,27). The maximum Gasteiger partial charge on any atom is 0.185 e. The molecule has 158 valence electrons. The molecule has 0 aliphatic heterocycles. The second-order valence-electron chi connectivity index (χ2n) is 6.79. The van der Waals surface area contributed by atoms with E-state index in [1.165, 1.54) is 32.1 Å². The fourth-order valence-electron chi connectivity index (χ4n) is 2.72. The average molecular weight is 411 g/mol. The Morgan fingerprint density at radius 3 is 2.25 bits per heavy atom. The summed E-state index contributed by atoms with van der Waals surface area (Å²) in [6.45, 7) is 3.43. The molecule has 0 fully saturated rings. The first-order chi connectivity index (χ1) is 13.5. The van der Waals surface area contributed by atoms with Crippen molar-refractivity contribution in [1.82, 2.24) is 5.32 Å². The Bertz CT molecular complexity index is 604. The maximum absolute atomic E-state index is 7.39. The summed E-state index contributed by atoms with van der Waals surface area (Å²) in [5, 5.41) is 11.4. The third-order valence-electron chi connectivity index (χ3n) is 4.30. The van der Waals surface area contributed by atoms with Crippen molar-refractivity contribution in [3.63, 3.8) is 0 Å². The van der Waals surface area contributed by atoms with E-state index in [9.17, 15) is 0 Å². The molecule has 0 saturated heterocycles. The number of amidine groups is 1. The van der Waals surface area contributed by atoms with Gasteiger partial charge in [-0.3, -0.25) is 10.4 Å². The molecule has 28 heavy (non-hydrogen) atoms. The van der Waals surface area contributed by atoms with Gasteiger partial charge in [0.25, 0.3) is 0 Å². The number of hydrogen-bond acceptors (Lipinski definition) is 4. The highest BCUT2D eigenvalue weighted by Crippen LogP contribution is 2.25. The van der Waals surface area contributed by atoms with Crippen molar-refractivity contribution < 1.29 is 4.74 Å². The molecule has 1 aromatic carbocycles. The third kappa shape index (κ3) is 11.7. The van der Waals surface area contributed by atoms with Crippen LogP contribution in [0.1, 0.15) is 56.9 Å². The predicted octanol–water partition coefficient (Wildman–Crippen LogP) is 2.99. The lowest BCUT2D eigenvalue weighted by molar-refractivity contribution is 0.306. The molecule has 0 saturated carbocycles. The number of aliphatic imine (C=N–C) groups is 1. The molecule has 0 radical (unpaired) electrons. The number of nitrogen functional groups attached to an aromatic ring is 1. The van der Waals surface area contributed by atoms with Crippen LogP contribution in [0.4, 0.5) is 0 Å². The molecule has 8 heteroatoms. The van der Waals surface area contributed by atoms with Gasteiger partial charge in [0, 0.05) is 12.1 Å². The van der Waals surface area contributed by atoms with Gasteiger partial charge in [-0.2, -0.15) is 0 Å². The van der Waals surface area contributed by atoms with Crippen LogP contribution in [0, 0.1) is 5.41 Å². The van der Waals surface area contributed by atoms with Gasteiger partial charge < -0.3 is 27.3 Å². The van der Waals surface area contributed by atoms with Crippen LogP contribution in [-0.4, -0.2) is 38.0 Å². The number of rotatable bonds is 16. The molecular formula is C20H35ClN6O. The van der Waals surface area contributed by atoms with Gasteiger partial charge in [-0.05, 0) is 57.0 Å². The lowest BCUT2D eigenvalue weighted by Gasteiger charge is -2.09. The van der Waals surface area contributed by atoms with Crippen molar-refractivity contribution in [2.45, 2.75) is 51.4 Å². The summed E-state index contributed by atoms with van der Waals surface area (Å²) < 4.78 is 5.69. The number of benzene rings is 1. The topological polar surface area (TPSA) is 136 Å². The normalized spacial score (nSPS) is 10.6. The molecule has 0 spiro atoms. The van der Waals surface area contributed by atoms with Crippen LogP contribution in [0.15, 0.2) is 23.2 Å². The summed E-state index contributed by atoms with van der Waals surface area (Å²) in [7, 11) is 0. The summed E-state index contributed by atoms with van der Waals surface area (Å²) in [5.41, 5.74) is 16.6. The lowest BCUT2D eigenvalue weighted by Crippen LogP contribution is -2.22. The van der Waals surface area contributed by atoms with Gasteiger partial charge in [0.1, 0.15) is 11.6 Å². The highest BCUT2D eigenvalue weighted by atomic mass is 35.5. The van der Waals surface area contributed by atoms with E-state index < -0.39 is 0 Å². The fraction of sp³-hybridized carbons (Fsp3) is 0.600. The van der Waals surface area contributed by atoms with Crippen molar-refractivity contribution in [1.29, 1.82) is 5.41 Å². The van der Waals surface area contributed by atoms with Gasteiger partial charge in [0.05, 0.1) is 11.6 Å². The minimum absolute atomic E-state index is 0.00219. The first-order valence-corrected chi connectivity index (χ1v) is 10.4. The SMILES string of the molecule is N=C(N)c1ccc(OCCCCNCCCCCCCCN=C(N)N)c(Cl)c1. The zero-order valence-electron chi connectivity index (χ0n) is 16.7. The Balaban J connectivity index is 1.91. The quantitative estimate of drug-likeness (QED) is 0.162. The van der Waals surface area contributed by atoms with Crippen LogP contribution >= 0.6 is 11.6 Å². The molecule has 1 aromatic rings. The Hall–Kier alpha value is -1.99. The van der Waals surface area contributed by atoms with Crippen molar-refractivity contribution in [3.05, 3.63) is 28.8 Å². The van der Waals surface area contributed by atoms with Gasteiger partial charge in [0.2, 0.25) is 0 Å². The molecule has 0 amide bonds. The molecule has 0 heterocycles. The number of hydrogen-bond donors (Lipinski definition) is 5. The van der Waals surface area contributed by atoms with Crippen LogP contribution in [0.2, 0.25) is 5.02 Å². The van der Waals surface area contributed by atoms with Gasteiger partial charge in [-0.15, -0.1) is 0 Å². The van der Waals surface area contributed by atoms with Crippen LogP contribution in [0.5, 0.6) is 5.75 Å². The largest absolute Gasteiger partial charge is 0.492 e. The number of ether oxygens (including phenoxy) is 1. The molecule has 0 unspecified atom stereocenters. The van der Waals surface area contributed by atoms with Gasteiger partial charge in [0.15, 0.2) is 5.96 Å². The molecule has 1 rings (SSSR count). The zero-order valence-corrected chi connectivity index (χ0v) is 17.4. The Morgan fingerprint density at radius 2 is 1.61 bits per heavy atom. The summed E-state index contributed by atoms with van der Waals surface area (Å²) >= 11 is 6.14. The van der Waals surface area contributed by atoms with Crippen molar-refractivity contribution >= 4 is 23.4 Å².